The molecule has 0 amide bonds. The maximum atomic E-state index is 12.4. The van der Waals surface area contributed by atoms with Crippen LogP contribution in [0.15, 0.2) is 42.5 Å². The van der Waals surface area contributed by atoms with E-state index in [4.69, 9.17) is 11.6 Å². The highest BCUT2D eigenvalue weighted by Crippen LogP contribution is 2.38. The highest BCUT2D eigenvalue weighted by Gasteiger charge is 2.28. The van der Waals surface area contributed by atoms with Crippen molar-refractivity contribution in [3.8, 4) is 0 Å². The zero-order valence-corrected chi connectivity index (χ0v) is 11.6. The fourth-order valence-electron chi connectivity index (χ4n) is 2.77. The van der Waals surface area contributed by atoms with Gasteiger partial charge in [0, 0.05) is 17.0 Å². The van der Waals surface area contributed by atoms with E-state index in [0.29, 0.717) is 17.4 Å². The fraction of sp³-hybridized carbons (Fsp3) is 0.235. The van der Waals surface area contributed by atoms with E-state index < -0.39 is 0 Å². The molecule has 2 heteroatoms. The number of carbonyl (C=O) groups is 1. The van der Waals surface area contributed by atoms with Crippen molar-refractivity contribution in [1.82, 2.24) is 0 Å². The van der Waals surface area contributed by atoms with Crippen LogP contribution >= 0.6 is 11.6 Å². The molecule has 0 N–H and O–H groups in total. The van der Waals surface area contributed by atoms with Crippen molar-refractivity contribution < 1.29 is 4.79 Å². The van der Waals surface area contributed by atoms with E-state index in [0.717, 1.165) is 17.5 Å². The van der Waals surface area contributed by atoms with Crippen LogP contribution in [-0.4, -0.2) is 5.78 Å². The second-order valence-electron chi connectivity index (χ2n) is 5.19. The summed E-state index contributed by atoms with van der Waals surface area (Å²) in [5.74, 6) is 0.571. The molecule has 19 heavy (non-hydrogen) atoms. The van der Waals surface area contributed by atoms with E-state index in [1.807, 2.05) is 25.1 Å². The van der Waals surface area contributed by atoms with Crippen molar-refractivity contribution >= 4 is 17.4 Å². The molecule has 0 spiro atoms. The minimum absolute atomic E-state index is 0.194. The molecule has 1 unspecified atom stereocenters. The number of hydrogen-bond donors (Lipinski definition) is 0. The Morgan fingerprint density at radius 2 is 2.05 bits per heavy atom. The number of benzene rings is 2. The first-order valence-corrected chi connectivity index (χ1v) is 6.90. The Labute approximate surface area is 118 Å². The smallest absolute Gasteiger partial charge is 0.163 e. The lowest BCUT2D eigenvalue weighted by Crippen LogP contribution is -2.20. The van der Waals surface area contributed by atoms with Gasteiger partial charge in [0.25, 0.3) is 0 Å². The van der Waals surface area contributed by atoms with Crippen LogP contribution in [0.25, 0.3) is 0 Å². The third-order valence-electron chi connectivity index (χ3n) is 3.89. The summed E-state index contributed by atoms with van der Waals surface area (Å²) in [7, 11) is 0. The average molecular weight is 271 g/mol. The first-order valence-electron chi connectivity index (χ1n) is 6.52. The number of ketones is 1. The number of fused-ring (bicyclic) bond motifs is 1. The lowest BCUT2D eigenvalue weighted by atomic mass is 9.74. The molecule has 0 fully saturated rings. The van der Waals surface area contributed by atoms with Crippen LogP contribution in [0.5, 0.6) is 0 Å². The third kappa shape index (κ3) is 2.31. The Morgan fingerprint density at radius 1 is 1.26 bits per heavy atom. The molecule has 0 heterocycles. The van der Waals surface area contributed by atoms with E-state index in [2.05, 4.69) is 18.2 Å². The average Bonchev–Trinajstić information content (AvgIpc) is 2.38. The van der Waals surface area contributed by atoms with Gasteiger partial charge in [-0.3, -0.25) is 4.79 Å². The molecule has 0 aliphatic heterocycles. The van der Waals surface area contributed by atoms with Gasteiger partial charge in [0.1, 0.15) is 0 Å². The Hall–Kier alpha value is -1.60. The normalized spacial score (nSPS) is 16.6. The standard InChI is InChI=1S/C17H15ClO/c1-11-6-7-14(18)10-16(11)17(19)9-13-8-12-4-2-3-5-15(12)13/h2-7,10,13H,8-9H2,1H3. The van der Waals surface area contributed by atoms with Gasteiger partial charge in [0.2, 0.25) is 0 Å². The largest absolute Gasteiger partial charge is 0.294 e. The first-order chi connectivity index (χ1) is 9.15. The molecule has 1 aliphatic rings. The second-order valence-corrected chi connectivity index (χ2v) is 5.62. The van der Waals surface area contributed by atoms with E-state index in [9.17, 15) is 4.79 Å². The van der Waals surface area contributed by atoms with Gasteiger partial charge < -0.3 is 0 Å². The van der Waals surface area contributed by atoms with Gasteiger partial charge in [-0.1, -0.05) is 41.9 Å². The highest BCUT2D eigenvalue weighted by molar-refractivity contribution is 6.31. The summed E-state index contributed by atoms with van der Waals surface area (Å²) in [6.07, 6.45) is 1.60. The zero-order chi connectivity index (χ0) is 13.4. The number of rotatable bonds is 3. The maximum Gasteiger partial charge on any atom is 0.163 e. The number of halogens is 1. The van der Waals surface area contributed by atoms with Crippen LogP contribution in [0.4, 0.5) is 0 Å². The summed E-state index contributed by atoms with van der Waals surface area (Å²) < 4.78 is 0. The van der Waals surface area contributed by atoms with E-state index in [1.165, 1.54) is 11.1 Å². The molecular formula is C17H15ClO. The van der Waals surface area contributed by atoms with Gasteiger partial charge in [-0.15, -0.1) is 0 Å². The number of carbonyl (C=O) groups excluding carboxylic acids is 1. The minimum atomic E-state index is 0.194. The fourth-order valence-corrected chi connectivity index (χ4v) is 2.95. The van der Waals surface area contributed by atoms with Crippen LogP contribution in [-0.2, 0) is 6.42 Å². The highest BCUT2D eigenvalue weighted by atomic mass is 35.5. The molecule has 96 valence electrons. The SMILES string of the molecule is Cc1ccc(Cl)cc1C(=O)CC1Cc2ccccc21. The monoisotopic (exact) mass is 270 g/mol. The van der Waals surface area contributed by atoms with E-state index >= 15 is 0 Å². The molecule has 0 aromatic heterocycles. The summed E-state index contributed by atoms with van der Waals surface area (Å²) >= 11 is 5.97. The molecule has 0 bridgehead atoms. The predicted octanol–water partition coefficient (Wildman–Crippen LogP) is 4.56. The van der Waals surface area contributed by atoms with Gasteiger partial charge in [-0.25, -0.2) is 0 Å². The van der Waals surface area contributed by atoms with Crippen molar-refractivity contribution in [3.05, 3.63) is 69.7 Å². The molecule has 1 atom stereocenters. The topological polar surface area (TPSA) is 17.1 Å². The van der Waals surface area contributed by atoms with Gasteiger partial charge >= 0.3 is 0 Å². The molecule has 2 aromatic rings. The van der Waals surface area contributed by atoms with Crippen LogP contribution < -0.4 is 0 Å². The summed E-state index contributed by atoms with van der Waals surface area (Å²) in [6, 6.07) is 13.9. The second kappa shape index (κ2) is 4.82. The van der Waals surface area contributed by atoms with Crippen LogP contribution in [0.3, 0.4) is 0 Å². The van der Waals surface area contributed by atoms with Crippen molar-refractivity contribution in [2.75, 3.05) is 0 Å². The molecule has 0 radical (unpaired) electrons. The third-order valence-corrected chi connectivity index (χ3v) is 4.13. The Kier molecular flexibility index (Phi) is 3.16. The zero-order valence-electron chi connectivity index (χ0n) is 10.8. The number of hydrogen-bond acceptors (Lipinski definition) is 1. The molecule has 1 aliphatic carbocycles. The van der Waals surface area contributed by atoms with Crippen LogP contribution in [0, 0.1) is 6.92 Å². The Bertz CT molecular complexity index is 645. The lowest BCUT2D eigenvalue weighted by Gasteiger charge is -2.29. The Morgan fingerprint density at radius 3 is 2.84 bits per heavy atom. The molecule has 1 nitrogen and oxygen atoms in total. The van der Waals surface area contributed by atoms with Gasteiger partial charge in [-0.2, -0.15) is 0 Å². The minimum Gasteiger partial charge on any atom is -0.294 e. The van der Waals surface area contributed by atoms with Crippen LogP contribution in [0.1, 0.15) is 39.4 Å². The predicted molar refractivity (Wildman–Crippen MR) is 78.0 cm³/mol. The van der Waals surface area contributed by atoms with E-state index in [1.54, 1.807) is 6.07 Å². The van der Waals surface area contributed by atoms with Gasteiger partial charge in [-0.05, 0) is 48.1 Å². The quantitative estimate of drug-likeness (QED) is 0.747. The molecule has 0 saturated carbocycles. The maximum absolute atomic E-state index is 12.4. The molecular weight excluding hydrogens is 256 g/mol. The van der Waals surface area contributed by atoms with Crippen molar-refractivity contribution in [2.24, 2.45) is 0 Å². The van der Waals surface area contributed by atoms with Crippen molar-refractivity contribution in [3.63, 3.8) is 0 Å². The number of aryl methyl sites for hydroxylation is 1. The summed E-state index contributed by atoms with van der Waals surface area (Å²) in [4.78, 5) is 12.4. The Balaban J connectivity index is 1.79. The lowest BCUT2D eigenvalue weighted by molar-refractivity contribution is 0.0970. The summed E-state index contributed by atoms with van der Waals surface area (Å²) in [5, 5.41) is 0.628. The first kappa shape index (κ1) is 12.4. The van der Waals surface area contributed by atoms with Crippen LogP contribution in [0.2, 0.25) is 5.02 Å². The molecule has 3 rings (SSSR count). The van der Waals surface area contributed by atoms with Crippen molar-refractivity contribution in [1.29, 1.82) is 0 Å². The number of Topliss-reactive ketones (excluding diaryl/α,β-unsaturated/α-hetero) is 1. The van der Waals surface area contributed by atoms with E-state index in [-0.39, 0.29) is 5.78 Å². The summed E-state index contributed by atoms with van der Waals surface area (Å²) in [6.45, 7) is 1.96. The van der Waals surface area contributed by atoms with Gasteiger partial charge in [0.05, 0.1) is 0 Å². The van der Waals surface area contributed by atoms with Crippen molar-refractivity contribution in [2.45, 2.75) is 25.7 Å². The summed E-state index contributed by atoms with van der Waals surface area (Å²) in [5.41, 5.74) is 4.47. The molecule has 0 saturated heterocycles. The van der Waals surface area contributed by atoms with Gasteiger partial charge in [0.15, 0.2) is 5.78 Å². The molecule has 2 aromatic carbocycles.